The lowest BCUT2D eigenvalue weighted by molar-refractivity contribution is 0.0697. The molecule has 0 unspecified atom stereocenters. The molecule has 0 saturated heterocycles. The Balaban J connectivity index is 1.68. The van der Waals surface area contributed by atoms with E-state index in [2.05, 4.69) is 4.98 Å². The third kappa shape index (κ3) is 5.25. The first-order chi connectivity index (χ1) is 15.6. The second-order valence-corrected chi connectivity index (χ2v) is 7.48. The van der Waals surface area contributed by atoms with Gasteiger partial charge in [-0.15, -0.1) is 0 Å². The summed E-state index contributed by atoms with van der Waals surface area (Å²) in [5.74, 6) is -0.420. The van der Waals surface area contributed by atoms with E-state index in [-0.39, 0.29) is 18.1 Å². The van der Waals surface area contributed by atoms with Crippen LogP contribution in [0.3, 0.4) is 0 Å². The number of aromatic carboxylic acids is 1. The summed E-state index contributed by atoms with van der Waals surface area (Å²) in [6, 6.07) is 27.6. The van der Waals surface area contributed by atoms with E-state index in [9.17, 15) is 9.90 Å². The summed E-state index contributed by atoms with van der Waals surface area (Å²) in [5, 5.41) is 10.0. The van der Waals surface area contributed by atoms with Crippen LogP contribution in [0.2, 0.25) is 5.02 Å². The van der Waals surface area contributed by atoms with Crippen LogP contribution >= 0.6 is 11.6 Å². The summed E-state index contributed by atoms with van der Waals surface area (Å²) < 4.78 is 11.9. The Morgan fingerprint density at radius 1 is 0.781 bits per heavy atom. The third-order valence-corrected chi connectivity index (χ3v) is 5.02. The molecule has 6 heteroatoms. The van der Waals surface area contributed by atoms with Crippen molar-refractivity contribution in [3.63, 3.8) is 0 Å². The fraction of sp³-hybridized carbons (Fsp3) is 0.0769. The second-order valence-electron chi connectivity index (χ2n) is 7.05. The number of pyridine rings is 1. The number of halogens is 1. The van der Waals surface area contributed by atoms with Gasteiger partial charge in [0.05, 0.1) is 5.56 Å². The van der Waals surface area contributed by atoms with Gasteiger partial charge in [0, 0.05) is 22.2 Å². The number of hydrogen-bond donors (Lipinski definition) is 1. The van der Waals surface area contributed by atoms with Gasteiger partial charge >= 0.3 is 5.97 Å². The predicted octanol–water partition coefficient (Wildman–Crippen LogP) is 6.26. The highest BCUT2D eigenvalue weighted by molar-refractivity contribution is 6.31. The van der Waals surface area contributed by atoms with Crippen molar-refractivity contribution in [1.82, 2.24) is 4.98 Å². The van der Waals surface area contributed by atoms with Crippen molar-refractivity contribution in [2.45, 2.75) is 13.2 Å². The molecule has 0 fully saturated rings. The van der Waals surface area contributed by atoms with Gasteiger partial charge in [-0.3, -0.25) is 0 Å². The number of carbonyl (C=O) groups is 1. The van der Waals surface area contributed by atoms with Crippen LogP contribution in [-0.2, 0) is 13.2 Å². The highest BCUT2D eigenvalue weighted by atomic mass is 35.5. The first-order valence-electron chi connectivity index (χ1n) is 9.98. The monoisotopic (exact) mass is 445 g/mol. The van der Waals surface area contributed by atoms with Gasteiger partial charge in [-0.2, -0.15) is 4.98 Å². The third-order valence-electron chi connectivity index (χ3n) is 4.78. The number of ether oxygens (including phenoxy) is 2. The fourth-order valence-corrected chi connectivity index (χ4v) is 3.38. The maximum Gasteiger partial charge on any atom is 0.336 e. The predicted molar refractivity (Wildman–Crippen MR) is 123 cm³/mol. The molecule has 0 amide bonds. The van der Waals surface area contributed by atoms with Gasteiger partial charge in [-0.05, 0) is 29.3 Å². The molecular weight excluding hydrogens is 426 g/mol. The summed E-state index contributed by atoms with van der Waals surface area (Å²) in [7, 11) is 0. The zero-order valence-corrected chi connectivity index (χ0v) is 17.8. The Bertz CT molecular complexity index is 1210. The van der Waals surface area contributed by atoms with Gasteiger partial charge in [-0.1, -0.05) is 78.3 Å². The van der Waals surface area contributed by atoms with Crippen LogP contribution in [0.4, 0.5) is 0 Å². The van der Waals surface area contributed by atoms with Crippen molar-refractivity contribution in [2.24, 2.45) is 0 Å². The molecule has 1 N–H and O–H groups in total. The first-order valence-corrected chi connectivity index (χ1v) is 10.4. The summed E-state index contributed by atoms with van der Waals surface area (Å²) in [4.78, 5) is 16.4. The number of hydrogen-bond acceptors (Lipinski definition) is 4. The Kier molecular flexibility index (Phi) is 6.68. The van der Waals surface area contributed by atoms with Crippen molar-refractivity contribution in [2.75, 3.05) is 0 Å². The van der Waals surface area contributed by atoms with E-state index < -0.39 is 5.97 Å². The van der Waals surface area contributed by atoms with Gasteiger partial charge in [-0.25, -0.2) is 4.79 Å². The standard InChI is InChI=1S/C26H20ClNO4/c27-20-11-12-21(23(15-20)26(29)30)22-13-14-24(31-16-18-7-3-1-4-8-18)28-25(22)32-17-19-9-5-2-6-10-19/h1-15H,16-17H2,(H,29,30). The number of aromatic nitrogens is 1. The van der Waals surface area contributed by atoms with Crippen LogP contribution in [0.25, 0.3) is 11.1 Å². The Morgan fingerprint density at radius 2 is 1.38 bits per heavy atom. The maximum atomic E-state index is 11.8. The number of carboxylic acids is 1. The van der Waals surface area contributed by atoms with Gasteiger partial charge in [0.25, 0.3) is 0 Å². The van der Waals surface area contributed by atoms with E-state index in [0.29, 0.717) is 28.6 Å². The second kappa shape index (κ2) is 9.98. The normalized spacial score (nSPS) is 10.5. The number of carboxylic acid groups (broad SMARTS) is 1. The van der Waals surface area contributed by atoms with Gasteiger partial charge < -0.3 is 14.6 Å². The lowest BCUT2D eigenvalue weighted by Gasteiger charge is -2.15. The van der Waals surface area contributed by atoms with E-state index in [4.69, 9.17) is 21.1 Å². The maximum absolute atomic E-state index is 11.8. The molecule has 32 heavy (non-hydrogen) atoms. The van der Waals surface area contributed by atoms with E-state index in [1.165, 1.54) is 6.07 Å². The topological polar surface area (TPSA) is 68.7 Å². The molecule has 0 radical (unpaired) electrons. The van der Waals surface area contributed by atoms with Gasteiger partial charge in [0.1, 0.15) is 13.2 Å². The SMILES string of the molecule is O=C(O)c1cc(Cl)ccc1-c1ccc(OCc2ccccc2)nc1OCc1ccccc1. The van der Waals surface area contributed by atoms with Crippen molar-refractivity contribution in [3.8, 4) is 22.9 Å². The molecule has 0 bridgehead atoms. The molecule has 0 aliphatic carbocycles. The average Bonchev–Trinajstić information content (AvgIpc) is 2.83. The largest absolute Gasteiger partial charge is 0.478 e. The first kappa shape index (κ1) is 21.4. The zero-order valence-electron chi connectivity index (χ0n) is 17.1. The van der Waals surface area contributed by atoms with E-state index in [1.807, 2.05) is 60.7 Å². The molecular formula is C26H20ClNO4. The summed E-state index contributed by atoms with van der Waals surface area (Å²) >= 11 is 6.02. The molecule has 0 saturated carbocycles. The van der Waals surface area contributed by atoms with E-state index in [1.54, 1.807) is 24.3 Å². The van der Waals surface area contributed by atoms with Crippen LogP contribution in [0, 0.1) is 0 Å². The molecule has 3 aromatic carbocycles. The molecule has 1 aromatic heterocycles. The number of nitrogens with zero attached hydrogens (tertiary/aromatic N) is 1. The number of rotatable bonds is 8. The average molecular weight is 446 g/mol. The summed E-state index contributed by atoms with van der Waals surface area (Å²) in [5.41, 5.74) is 3.05. The Labute approximate surface area is 190 Å². The van der Waals surface area contributed by atoms with E-state index in [0.717, 1.165) is 11.1 Å². The fourth-order valence-electron chi connectivity index (χ4n) is 3.20. The molecule has 0 aliphatic heterocycles. The lowest BCUT2D eigenvalue weighted by atomic mass is 10.0. The van der Waals surface area contributed by atoms with Crippen LogP contribution in [0.15, 0.2) is 91.0 Å². The van der Waals surface area contributed by atoms with Crippen LogP contribution in [-0.4, -0.2) is 16.1 Å². The smallest absolute Gasteiger partial charge is 0.336 e. The van der Waals surface area contributed by atoms with Crippen LogP contribution in [0.1, 0.15) is 21.5 Å². The molecule has 4 aromatic rings. The molecule has 5 nitrogen and oxygen atoms in total. The van der Waals surface area contributed by atoms with Crippen LogP contribution in [0.5, 0.6) is 11.8 Å². The highest BCUT2D eigenvalue weighted by Crippen LogP contribution is 2.35. The minimum absolute atomic E-state index is 0.0711. The van der Waals surface area contributed by atoms with Crippen molar-refractivity contribution >= 4 is 17.6 Å². The van der Waals surface area contributed by atoms with Gasteiger partial charge in [0.2, 0.25) is 11.8 Å². The van der Waals surface area contributed by atoms with Crippen molar-refractivity contribution in [3.05, 3.63) is 113 Å². The Hall–Kier alpha value is -3.83. The van der Waals surface area contributed by atoms with Gasteiger partial charge in [0.15, 0.2) is 0 Å². The zero-order chi connectivity index (χ0) is 22.3. The minimum atomic E-state index is -1.08. The molecule has 4 rings (SSSR count). The molecule has 0 spiro atoms. The quantitative estimate of drug-likeness (QED) is 0.346. The number of benzene rings is 3. The molecule has 0 aliphatic rings. The molecule has 1 heterocycles. The Morgan fingerprint density at radius 3 is 2.00 bits per heavy atom. The van der Waals surface area contributed by atoms with E-state index >= 15 is 0 Å². The minimum Gasteiger partial charge on any atom is -0.478 e. The van der Waals surface area contributed by atoms with Crippen LogP contribution < -0.4 is 9.47 Å². The van der Waals surface area contributed by atoms with Crippen molar-refractivity contribution < 1.29 is 19.4 Å². The lowest BCUT2D eigenvalue weighted by Crippen LogP contribution is -2.05. The summed E-state index contributed by atoms with van der Waals surface area (Å²) in [6.07, 6.45) is 0. The highest BCUT2D eigenvalue weighted by Gasteiger charge is 2.18. The van der Waals surface area contributed by atoms with Crippen molar-refractivity contribution in [1.29, 1.82) is 0 Å². The molecule has 160 valence electrons. The summed E-state index contributed by atoms with van der Waals surface area (Å²) in [6.45, 7) is 0.631. The molecule has 0 atom stereocenters.